The van der Waals surface area contributed by atoms with Gasteiger partial charge in [0.25, 0.3) is 0 Å². The van der Waals surface area contributed by atoms with Crippen molar-refractivity contribution in [3.8, 4) is 0 Å². The van der Waals surface area contributed by atoms with Gasteiger partial charge in [-0.15, -0.1) is 0 Å². The van der Waals surface area contributed by atoms with Crippen LogP contribution in [0.5, 0.6) is 0 Å². The first-order valence-corrected chi connectivity index (χ1v) is 5.07. The molecule has 0 aromatic carbocycles. The summed E-state index contributed by atoms with van der Waals surface area (Å²) in [6, 6.07) is 1.68. The molecule has 6 nitrogen and oxygen atoms in total. The molecular formula is C10H15N3O3. The predicted octanol–water partition coefficient (Wildman–Crippen LogP) is 0.702. The Morgan fingerprint density at radius 3 is 2.81 bits per heavy atom. The van der Waals surface area contributed by atoms with Crippen LogP contribution in [0.1, 0.15) is 19.8 Å². The van der Waals surface area contributed by atoms with Gasteiger partial charge < -0.3 is 10.1 Å². The van der Waals surface area contributed by atoms with Crippen LogP contribution in [0.25, 0.3) is 0 Å². The molecule has 1 aromatic rings. The molecule has 0 aliphatic heterocycles. The summed E-state index contributed by atoms with van der Waals surface area (Å²) in [5.41, 5.74) is 0. The van der Waals surface area contributed by atoms with Gasteiger partial charge in [0.2, 0.25) is 5.91 Å². The maximum absolute atomic E-state index is 11.4. The van der Waals surface area contributed by atoms with Crippen LogP contribution in [-0.2, 0) is 21.4 Å². The fourth-order valence-corrected chi connectivity index (χ4v) is 1.14. The van der Waals surface area contributed by atoms with Crippen molar-refractivity contribution in [3.05, 3.63) is 12.3 Å². The quantitative estimate of drug-likeness (QED) is 0.749. The van der Waals surface area contributed by atoms with E-state index < -0.39 is 0 Å². The molecule has 0 bridgehead atoms. The number of ether oxygens (including phenoxy) is 1. The first-order chi connectivity index (χ1) is 7.61. The van der Waals surface area contributed by atoms with Crippen molar-refractivity contribution >= 4 is 17.7 Å². The van der Waals surface area contributed by atoms with Crippen molar-refractivity contribution in [2.24, 2.45) is 7.05 Å². The van der Waals surface area contributed by atoms with E-state index in [1.165, 1.54) is 0 Å². The van der Waals surface area contributed by atoms with Gasteiger partial charge in [0.15, 0.2) is 5.82 Å². The third-order valence-electron chi connectivity index (χ3n) is 1.84. The van der Waals surface area contributed by atoms with Gasteiger partial charge >= 0.3 is 5.97 Å². The first-order valence-electron chi connectivity index (χ1n) is 5.07. The SMILES string of the molecule is CCOC(=O)CCC(=O)Nc1ccn(C)n1. The van der Waals surface area contributed by atoms with Crippen LogP contribution in [0.15, 0.2) is 12.3 Å². The summed E-state index contributed by atoms with van der Waals surface area (Å²) in [6.07, 6.45) is 1.92. The fraction of sp³-hybridized carbons (Fsp3) is 0.500. The van der Waals surface area contributed by atoms with Crippen molar-refractivity contribution in [3.63, 3.8) is 0 Å². The highest BCUT2D eigenvalue weighted by atomic mass is 16.5. The zero-order chi connectivity index (χ0) is 12.0. The van der Waals surface area contributed by atoms with Gasteiger partial charge in [-0.2, -0.15) is 5.10 Å². The van der Waals surface area contributed by atoms with E-state index >= 15 is 0 Å². The Bertz CT molecular complexity index is 373. The second-order valence-electron chi connectivity index (χ2n) is 3.23. The van der Waals surface area contributed by atoms with Gasteiger partial charge in [-0.3, -0.25) is 14.3 Å². The Morgan fingerprint density at radius 2 is 2.25 bits per heavy atom. The highest BCUT2D eigenvalue weighted by molar-refractivity contribution is 5.91. The lowest BCUT2D eigenvalue weighted by atomic mass is 10.3. The van der Waals surface area contributed by atoms with E-state index in [0.717, 1.165) is 0 Å². The van der Waals surface area contributed by atoms with Gasteiger partial charge in [0.05, 0.1) is 13.0 Å². The summed E-state index contributed by atoms with van der Waals surface area (Å²) in [7, 11) is 1.76. The standard InChI is InChI=1S/C10H15N3O3/c1-3-16-10(15)5-4-9(14)11-8-6-7-13(2)12-8/h6-7H,3-5H2,1-2H3,(H,11,12,14). The van der Waals surface area contributed by atoms with Gasteiger partial charge in [0.1, 0.15) is 0 Å². The Balaban J connectivity index is 2.28. The van der Waals surface area contributed by atoms with E-state index in [9.17, 15) is 9.59 Å². The van der Waals surface area contributed by atoms with E-state index in [4.69, 9.17) is 4.74 Å². The van der Waals surface area contributed by atoms with Crippen molar-refractivity contribution in [1.82, 2.24) is 9.78 Å². The Labute approximate surface area is 93.6 Å². The minimum Gasteiger partial charge on any atom is -0.466 e. The minimum absolute atomic E-state index is 0.0898. The molecule has 0 aliphatic rings. The van der Waals surface area contributed by atoms with Gasteiger partial charge in [-0.1, -0.05) is 0 Å². The summed E-state index contributed by atoms with van der Waals surface area (Å²) in [5, 5.41) is 6.56. The molecule has 0 aliphatic carbocycles. The number of hydrogen-bond acceptors (Lipinski definition) is 4. The molecular weight excluding hydrogens is 210 g/mol. The number of esters is 1. The molecule has 0 radical (unpaired) electrons. The first kappa shape index (κ1) is 12.2. The average molecular weight is 225 g/mol. The number of carbonyl (C=O) groups is 2. The van der Waals surface area contributed by atoms with Crippen molar-refractivity contribution in [2.75, 3.05) is 11.9 Å². The summed E-state index contributed by atoms with van der Waals surface area (Å²) >= 11 is 0. The van der Waals surface area contributed by atoms with Crippen LogP contribution in [0.3, 0.4) is 0 Å². The monoisotopic (exact) mass is 225 g/mol. The number of carbonyl (C=O) groups excluding carboxylic acids is 2. The van der Waals surface area contributed by atoms with E-state index in [1.807, 2.05) is 0 Å². The Morgan fingerprint density at radius 1 is 1.50 bits per heavy atom. The second kappa shape index (κ2) is 5.89. The molecule has 1 heterocycles. The average Bonchev–Trinajstić information content (AvgIpc) is 2.61. The number of aryl methyl sites for hydroxylation is 1. The van der Waals surface area contributed by atoms with Gasteiger partial charge in [-0.05, 0) is 6.92 Å². The topological polar surface area (TPSA) is 73.2 Å². The molecule has 0 spiro atoms. The molecule has 1 amide bonds. The number of aromatic nitrogens is 2. The Hall–Kier alpha value is -1.85. The number of rotatable bonds is 5. The van der Waals surface area contributed by atoms with Crippen LogP contribution in [0.4, 0.5) is 5.82 Å². The zero-order valence-corrected chi connectivity index (χ0v) is 9.40. The molecule has 0 saturated heterocycles. The number of hydrogen-bond donors (Lipinski definition) is 1. The number of nitrogens with zero attached hydrogens (tertiary/aromatic N) is 2. The van der Waals surface area contributed by atoms with Crippen LogP contribution in [0.2, 0.25) is 0 Å². The molecule has 6 heteroatoms. The molecule has 1 aromatic heterocycles. The summed E-state index contributed by atoms with van der Waals surface area (Å²) in [4.78, 5) is 22.3. The molecule has 1 N–H and O–H groups in total. The maximum atomic E-state index is 11.4. The molecule has 0 atom stereocenters. The van der Waals surface area contributed by atoms with Crippen molar-refractivity contribution in [1.29, 1.82) is 0 Å². The maximum Gasteiger partial charge on any atom is 0.306 e. The molecule has 0 saturated carbocycles. The molecule has 0 unspecified atom stereocenters. The number of amides is 1. The van der Waals surface area contributed by atoms with Crippen LogP contribution in [-0.4, -0.2) is 28.3 Å². The lowest BCUT2D eigenvalue weighted by Gasteiger charge is -2.02. The zero-order valence-electron chi connectivity index (χ0n) is 9.40. The van der Waals surface area contributed by atoms with E-state index in [-0.39, 0.29) is 24.7 Å². The summed E-state index contributed by atoms with van der Waals surface area (Å²) < 4.78 is 6.29. The fourth-order valence-electron chi connectivity index (χ4n) is 1.14. The van der Waals surface area contributed by atoms with Crippen molar-refractivity contribution < 1.29 is 14.3 Å². The lowest BCUT2D eigenvalue weighted by molar-refractivity contribution is -0.144. The number of nitrogens with one attached hydrogen (secondary N) is 1. The Kier molecular flexibility index (Phi) is 4.50. The largest absolute Gasteiger partial charge is 0.466 e. The summed E-state index contributed by atoms with van der Waals surface area (Å²) in [6.45, 7) is 2.06. The normalized spacial score (nSPS) is 9.88. The van der Waals surface area contributed by atoms with E-state index in [2.05, 4.69) is 10.4 Å². The second-order valence-corrected chi connectivity index (χ2v) is 3.23. The number of anilines is 1. The van der Waals surface area contributed by atoms with E-state index in [0.29, 0.717) is 12.4 Å². The summed E-state index contributed by atoms with van der Waals surface area (Å²) in [5.74, 6) is -0.123. The lowest BCUT2D eigenvalue weighted by Crippen LogP contribution is -2.15. The highest BCUT2D eigenvalue weighted by Crippen LogP contribution is 2.03. The van der Waals surface area contributed by atoms with Crippen LogP contribution < -0.4 is 5.32 Å². The highest BCUT2D eigenvalue weighted by Gasteiger charge is 2.08. The molecule has 16 heavy (non-hydrogen) atoms. The molecule has 88 valence electrons. The van der Waals surface area contributed by atoms with Gasteiger partial charge in [0, 0.05) is 25.7 Å². The van der Waals surface area contributed by atoms with Crippen molar-refractivity contribution in [2.45, 2.75) is 19.8 Å². The molecule has 0 fully saturated rings. The molecule has 1 rings (SSSR count). The predicted molar refractivity (Wildman–Crippen MR) is 57.7 cm³/mol. The smallest absolute Gasteiger partial charge is 0.306 e. The van der Waals surface area contributed by atoms with E-state index in [1.54, 1.807) is 30.9 Å². The van der Waals surface area contributed by atoms with Crippen LogP contribution >= 0.6 is 0 Å². The third-order valence-corrected chi connectivity index (χ3v) is 1.84. The van der Waals surface area contributed by atoms with Crippen LogP contribution in [0, 0.1) is 0 Å². The minimum atomic E-state index is -0.362. The third kappa shape index (κ3) is 4.12. The van der Waals surface area contributed by atoms with Gasteiger partial charge in [-0.25, -0.2) is 0 Å².